The van der Waals surface area contributed by atoms with Gasteiger partial charge in [-0.2, -0.15) is 0 Å². The molecule has 0 aliphatic rings. The van der Waals surface area contributed by atoms with Gasteiger partial charge in [0.1, 0.15) is 5.75 Å². The molecule has 2 aromatic carbocycles. The lowest BCUT2D eigenvalue weighted by Gasteiger charge is -2.10. The maximum Gasteiger partial charge on any atom is 0.328 e. The second kappa shape index (κ2) is 9.03. The van der Waals surface area contributed by atoms with E-state index in [9.17, 15) is 14.4 Å². The van der Waals surface area contributed by atoms with E-state index in [-0.39, 0.29) is 18.9 Å². The molecule has 7 heteroatoms. The van der Waals surface area contributed by atoms with Crippen molar-refractivity contribution < 1.29 is 9.53 Å². The Morgan fingerprint density at radius 1 is 1.14 bits per heavy atom. The first kappa shape index (κ1) is 19.4. The Balaban J connectivity index is 1.65. The number of hydrogen-bond acceptors (Lipinski definition) is 4. The lowest BCUT2D eigenvalue weighted by atomic mass is 10.2. The molecule has 0 radical (unpaired) electrons. The van der Waals surface area contributed by atoms with Crippen molar-refractivity contribution in [3.63, 3.8) is 0 Å². The third kappa shape index (κ3) is 4.68. The molecule has 146 valence electrons. The van der Waals surface area contributed by atoms with Crippen molar-refractivity contribution in [3.8, 4) is 5.75 Å². The van der Waals surface area contributed by atoms with Crippen LogP contribution in [0.2, 0.25) is 0 Å². The highest BCUT2D eigenvalue weighted by molar-refractivity contribution is 5.90. The first-order chi connectivity index (χ1) is 13.6. The van der Waals surface area contributed by atoms with Crippen LogP contribution in [0.4, 0.5) is 5.69 Å². The molecule has 0 atom stereocenters. The summed E-state index contributed by atoms with van der Waals surface area (Å²) in [6, 6.07) is 13.9. The second-order valence-electron chi connectivity index (χ2n) is 6.46. The average Bonchev–Trinajstić information content (AvgIpc) is 2.68. The molecule has 3 rings (SSSR count). The number of aromatic amines is 1. The molecule has 1 amide bonds. The summed E-state index contributed by atoms with van der Waals surface area (Å²) in [5.74, 6) is 0.401. The largest absolute Gasteiger partial charge is 0.494 e. The van der Waals surface area contributed by atoms with Crippen molar-refractivity contribution in [3.05, 3.63) is 69.4 Å². The Hall–Kier alpha value is -3.35. The normalized spacial score (nSPS) is 10.8. The number of anilines is 1. The lowest BCUT2D eigenvalue weighted by molar-refractivity contribution is -0.116. The topological polar surface area (TPSA) is 93.2 Å². The second-order valence-corrected chi connectivity index (χ2v) is 6.46. The molecule has 3 aromatic rings. The SMILES string of the molecule is CCCCOc1cccc(NC(=O)CCn2c(=O)[nH]c3ccccc3c2=O)c1. The summed E-state index contributed by atoms with van der Waals surface area (Å²) < 4.78 is 6.68. The molecule has 0 fully saturated rings. The minimum Gasteiger partial charge on any atom is -0.494 e. The van der Waals surface area contributed by atoms with E-state index in [1.807, 2.05) is 6.07 Å². The summed E-state index contributed by atoms with van der Waals surface area (Å²) >= 11 is 0. The summed E-state index contributed by atoms with van der Waals surface area (Å²) in [6.45, 7) is 2.71. The molecule has 0 unspecified atom stereocenters. The van der Waals surface area contributed by atoms with Crippen LogP contribution in [-0.4, -0.2) is 22.1 Å². The van der Waals surface area contributed by atoms with Gasteiger partial charge in [0.05, 0.1) is 17.5 Å². The number of para-hydroxylation sites is 1. The number of fused-ring (bicyclic) bond motifs is 1. The van der Waals surface area contributed by atoms with Gasteiger partial charge in [-0.1, -0.05) is 31.5 Å². The number of H-pyrrole nitrogens is 1. The van der Waals surface area contributed by atoms with Gasteiger partial charge in [0.2, 0.25) is 5.91 Å². The fraction of sp³-hybridized carbons (Fsp3) is 0.286. The van der Waals surface area contributed by atoms with Crippen molar-refractivity contribution in [2.45, 2.75) is 32.7 Å². The first-order valence-electron chi connectivity index (χ1n) is 9.33. The molecule has 1 heterocycles. The van der Waals surface area contributed by atoms with Gasteiger partial charge in [0.25, 0.3) is 5.56 Å². The number of benzene rings is 2. The predicted molar refractivity (Wildman–Crippen MR) is 109 cm³/mol. The molecule has 2 N–H and O–H groups in total. The molecule has 28 heavy (non-hydrogen) atoms. The average molecular weight is 381 g/mol. The van der Waals surface area contributed by atoms with Crippen molar-refractivity contribution in [2.75, 3.05) is 11.9 Å². The summed E-state index contributed by atoms with van der Waals surface area (Å²) in [7, 11) is 0. The zero-order valence-electron chi connectivity index (χ0n) is 15.7. The van der Waals surface area contributed by atoms with E-state index in [1.54, 1.807) is 42.5 Å². The highest BCUT2D eigenvalue weighted by Gasteiger charge is 2.10. The van der Waals surface area contributed by atoms with E-state index in [0.29, 0.717) is 28.9 Å². The lowest BCUT2D eigenvalue weighted by Crippen LogP contribution is -2.36. The van der Waals surface area contributed by atoms with Crippen LogP contribution in [0, 0.1) is 0 Å². The van der Waals surface area contributed by atoms with Crippen LogP contribution in [-0.2, 0) is 11.3 Å². The quantitative estimate of drug-likeness (QED) is 0.587. The summed E-state index contributed by atoms with van der Waals surface area (Å²) in [5.41, 5.74) is 0.165. The standard InChI is InChI=1S/C21H23N3O4/c1-2-3-13-28-16-8-6-7-15(14-16)22-19(25)11-12-24-20(26)17-9-4-5-10-18(17)23-21(24)27/h4-10,14H,2-3,11-13H2,1H3,(H,22,25)(H,23,27). The molecule has 1 aromatic heterocycles. The Labute approximate surface area is 162 Å². The maximum atomic E-state index is 12.5. The van der Waals surface area contributed by atoms with Gasteiger partial charge in [-0.25, -0.2) is 4.79 Å². The van der Waals surface area contributed by atoms with Crippen molar-refractivity contribution in [1.29, 1.82) is 0 Å². The summed E-state index contributed by atoms with van der Waals surface area (Å²) in [6.07, 6.45) is 2.01. The van der Waals surface area contributed by atoms with Crippen LogP contribution >= 0.6 is 0 Å². The van der Waals surface area contributed by atoms with Gasteiger partial charge >= 0.3 is 5.69 Å². The monoisotopic (exact) mass is 381 g/mol. The summed E-state index contributed by atoms with van der Waals surface area (Å²) in [4.78, 5) is 39.6. The number of carbonyl (C=O) groups is 1. The smallest absolute Gasteiger partial charge is 0.328 e. The molecule has 0 aliphatic carbocycles. The highest BCUT2D eigenvalue weighted by Crippen LogP contribution is 2.18. The van der Waals surface area contributed by atoms with Crippen LogP contribution in [0.5, 0.6) is 5.75 Å². The van der Waals surface area contributed by atoms with Gasteiger partial charge in [-0.05, 0) is 30.7 Å². The fourth-order valence-corrected chi connectivity index (χ4v) is 2.84. The van der Waals surface area contributed by atoms with Gasteiger partial charge in [-0.15, -0.1) is 0 Å². The number of nitrogens with one attached hydrogen (secondary N) is 2. The third-order valence-corrected chi connectivity index (χ3v) is 4.34. The van der Waals surface area contributed by atoms with E-state index in [4.69, 9.17) is 4.74 Å². The van der Waals surface area contributed by atoms with Gasteiger partial charge in [0.15, 0.2) is 0 Å². The van der Waals surface area contributed by atoms with E-state index < -0.39 is 11.2 Å². The molecule has 0 spiro atoms. The molecule has 0 saturated heterocycles. The minimum absolute atomic E-state index is 0.00223. The van der Waals surface area contributed by atoms with Crippen molar-refractivity contribution in [2.24, 2.45) is 0 Å². The molecule has 0 saturated carbocycles. The van der Waals surface area contributed by atoms with E-state index >= 15 is 0 Å². The third-order valence-electron chi connectivity index (χ3n) is 4.34. The Morgan fingerprint density at radius 2 is 1.96 bits per heavy atom. The van der Waals surface area contributed by atoms with Gasteiger partial charge in [0, 0.05) is 24.7 Å². The Morgan fingerprint density at radius 3 is 2.79 bits per heavy atom. The number of amides is 1. The summed E-state index contributed by atoms with van der Waals surface area (Å²) in [5, 5.41) is 3.19. The zero-order valence-corrected chi connectivity index (χ0v) is 15.7. The maximum absolute atomic E-state index is 12.5. The molecular formula is C21H23N3O4. The number of unbranched alkanes of at least 4 members (excludes halogenated alkanes) is 1. The fourth-order valence-electron chi connectivity index (χ4n) is 2.84. The Bertz CT molecular complexity index is 1080. The first-order valence-corrected chi connectivity index (χ1v) is 9.33. The zero-order chi connectivity index (χ0) is 19.9. The van der Waals surface area contributed by atoms with Crippen LogP contribution < -0.4 is 21.3 Å². The Kier molecular flexibility index (Phi) is 6.26. The molecular weight excluding hydrogens is 358 g/mol. The minimum atomic E-state index is -0.525. The van der Waals surface area contributed by atoms with Crippen LogP contribution in [0.1, 0.15) is 26.2 Å². The van der Waals surface area contributed by atoms with E-state index in [1.165, 1.54) is 0 Å². The van der Waals surface area contributed by atoms with Crippen LogP contribution in [0.15, 0.2) is 58.1 Å². The number of ether oxygens (including phenoxy) is 1. The van der Waals surface area contributed by atoms with E-state index in [0.717, 1.165) is 17.4 Å². The molecule has 0 bridgehead atoms. The number of aromatic nitrogens is 2. The number of rotatable bonds is 8. The number of nitrogens with zero attached hydrogens (tertiary/aromatic N) is 1. The van der Waals surface area contributed by atoms with Crippen LogP contribution in [0.3, 0.4) is 0 Å². The van der Waals surface area contributed by atoms with Gasteiger partial charge in [-0.3, -0.25) is 14.2 Å². The van der Waals surface area contributed by atoms with Crippen molar-refractivity contribution in [1.82, 2.24) is 9.55 Å². The number of carbonyl (C=O) groups excluding carboxylic acids is 1. The predicted octanol–water partition coefficient (Wildman–Crippen LogP) is 2.90. The molecule has 7 nitrogen and oxygen atoms in total. The molecule has 0 aliphatic heterocycles. The number of hydrogen-bond donors (Lipinski definition) is 2. The van der Waals surface area contributed by atoms with Gasteiger partial charge < -0.3 is 15.0 Å². The van der Waals surface area contributed by atoms with E-state index in [2.05, 4.69) is 17.2 Å². The highest BCUT2D eigenvalue weighted by atomic mass is 16.5. The van der Waals surface area contributed by atoms with Crippen molar-refractivity contribution >= 4 is 22.5 Å². The van der Waals surface area contributed by atoms with Crippen LogP contribution in [0.25, 0.3) is 10.9 Å².